The molecule has 0 spiro atoms. The number of aryl methyl sites for hydroxylation is 1. The number of nitrogens with one attached hydrogen (secondary N) is 1. The lowest BCUT2D eigenvalue weighted by Crippen LogP contribution is -2.02. The van der Waals surface area contributed by atoms with Crippen LogP contribution in [0.1, 0.15) is 10.4 Å². The Bertz CT molecular complexity index is 583. The second-order valence-corrected chi connectivity index (χ2v) is 5.59. The fourth-order valence-corrected chi connectivity index (χ4v) is 2.70. The van der Waals surface area contributed by atoms with E-state index in [1.807, 2.05) is 12.1 Å². The lowest BCUT2D eigenvalue weighted by Gasteiger charge is -2.07. The van der Waals surface area contributed by atoms with Crippen LogP contribution in [0.3, 0.4) is 0 Å². The van der Waals surface area contributed by atoms with Crippen LogP contribution < -0.4 is 5.32 Å². The average Bonchev–Trinajstić information content (AvgIpc) is 2.72. The quantitative estimate of drug-likeness (QED) is 0.674. The SMILES string of the molecule is Cc1cccc(NCc2ccc(Cl)s2)c1[N+](=O)[O-]. The molecule has 1 aromatic carbocycles. The van der Waals surface area contributed by atoms with E-state index in [0.29, 0.717) is 22.1 Å². The third kappa shape index (κ3) is 2.80. The Hall–Kier alpha value is -1.59. The Morgan fingerprint density at radius 1 is 1.39 bits per heavy atom. The number of nitro benzene ring substituents is 1. The summed E-state index contributed by atoms with van der Waals surface area (Å²) in [5.74, 6) is 0. The first-order valence-corrected chi connectivity index (χ1v) is 6.49. The van der Waals surface area contributed by atoms with Gasteiger partial charge in [0.05, 0.1) is 9.26 Å². The zero-order chi connectivity index (χ0) is 13.1. The molecular weight excluding hydrogens is 272 g/mol. The van der Waals surface area contributed by atoms with Crippen LogP contribution in [0.2, 0.25) is 4.34 Å². The van der Waals surface area contributed by atoms with Crippen LogP contribution in [0.15, 0.2) is 30.3 Å². The molecule has 0 saturated carbocycles. The highest BCUT2D eigenvalue weighted by molar-refractivity contribution is 7.16. The molecule has 0 bridgehead atoms. The minimum Gasteiger partial charge on any atom is -0.375 e. The van der Waals surface area contributed by atoms with E-state index in [4.69, 9.17) is 11.6 Å². The molecule has 1 N–H and O–H groups in total. The summed E-state index contributed by atoms with van der Waals surface area (Å²) in [6, 6.07) is 8.95. The minimum absolute atomic E-state index is 0.125. The van der Waals surface area contributed by atoms with Gasteiger partial charge in [-0.25, -0.2) is 0 Å². The number of nitro groups is 1. The molecule has 1 heterocycles. The number of rotatable bonds is 4. The number of halogens is 1. The number of hydrogen-bond donors (Lipinski definition) is 1. The number of para-hydroxylation sites is 1. The number of hydrogen-bond acceptors (Lipinski definition) is 4. The predicted octanol–water partition coefficient (Wildman–Crippen LogP) is 4.23. The molecule has 94 valence electrons. The van der Waals surface area contributed by atoms with Gasteiger partial charge >= 0.3 is 0 Å². The third-order valence-electron chi connectivity index (χ3n) is 2.50. The largest absolute Gasteiger partial charge is 0.375 e. The van der Waals surface area contributed by atoms with E-state index in [9.17, 15) is 10.1 Å². The summed E-state index contributed by atoms with van der Waals surface area (Å²) in [7, 11) is 0. The fraction of sp³-hybridized carbons (Fsp3) is 0.167. The van der Waals surface area contributed by atoms with Gasteiger partial charge in [-0.2, -0.15) is 0 Å². The van der Waals surface area contributed by atoms with Crippen molar-refractivity contribution in [2.75, 3.05) is 5.32 Å². The van der Waals surface area contributed by atoms with E-state index in [-0.39, 0.29) is 10.6 Å². The Morgan fingerprint density at radius 2 is 2.17 bits per heavy atom. The van der Waals surface area contributed by atoms with Crippen molar-refractivity contribution in [2.24, 2.45) is 0 Å². The van der Waals surface area contributed by atoms with Crippen molar-refractivity contribution in [3.05, 3.63) is 55.2 Å². The molecule has 0 aliphatic rings. The fourth-order valence-electron chi connectivity index (χ4n) is 1.67. The molecule has 0 amide bonds. The van der Waals surface area contributed by atoms with Gasteiger partial charge in [-0.1, -0.05) is 23.7 Å². The summed E-state index contributed by atoms with van der Waals surface area (Å²) in [6.07, 6.45) is 0. The average molecular weight is 283 g/mol. The molecule has 4 nitrogen and oxygen atoms in total. The Labute approximate surface area is 113 Å². The van der Waals surface area contributed by atoms with Gasteiger partial charge in [-0.05, 0) is 25.1 Å². The minimum atomic E-state index is -0.362. The predicted molar refractivity (Wildman–Crippen MR) is 74.5 cm³/mol. The molecule has 0 saturated heterocycles. The van der Waals surface area contributed by atoms with Gasteiger partial charge in [-0.15, -0.1) is 11.3 Å². The molecule has 6 heteroatoms. The van der Waals surface area contributed by atoms with E-state index < -0.39 is 0 Å². The topological polar surface area (TPSA) is 55.2 Å². The summed E-state index contributed by atoms with van der Waals surface area (Å²) in [5, 5.41) is 14.1. The van der Waals surface area contributed by atoms with Gasteiger partial charge in [0.15, 0.2) is 0 Å². The maximum absolute atomic E-state index is 11.0. The molecule has 2 aromatic rings. The van der Waals surface area contributed by atoms with Crippen LogP contribution in [0.5, 0.6) is 0 Å². The van der Waals surface area contributed by atoms with Crippen LogP contribution >= 0.6 is 22.9 Å². The molecule has 0 aliphatic heterocycles. The Balaban J connectivity index is 2.19. The second-order valence-electron chi connectivity index (χ2n) is 3.79. The monoisotopic (exact) mass is 282 g/mol. The zero-order valence-corrected chi connectivity index (χ0v) is 11.2. The van der Waals surface area contributed by atoms with Crippen molar-refractivity contribution in [3.8, 4) is 0 Å². The van der Waals surface area contributed by atoms with E-state index in [0.717, 1.165) is 4.88 Å². The summed E-state index contributed by atoms with van der Waals surface area (Å²) in [6.45, 7) is 2.26. The number of thiophene rings is 1. The van der Waals surface area contributed by atoms with Gasteiger partial charge < -0.3 is 5.32 Å². The Kier molecular flexibility index (Phi) is 3.84. The maximum Gasteiger partial charge on any atom is 0.295 e. The van der Waals surface area contributed by atoms with Gasteiger partial charge in [0.25, 0.3) is 5.69 Å². The molecule has 2 rings (SSSR count). The maximum atomic E-state index is 11.0. The normalized spacial score (nSPS) is 10.3. The van der Waals surface area contributed by atoms with Crippen molar-refractivity contribution in [1.29, 1.82) is 0 Å². The molecule has 0 unspecified atom stereocenters. The lowest BCUT2D eigenvalue weighted by molar-refractivity contribution is -0.384. The number of nitrogens with zero attached hydrogens (tertiary/aromatic N) is 1. The van der Waals surface area contributed by atoms with Crippen molar-refractivity contribution in [2.45, 2.75) is 13.5 Å². The van der Waals surface area contributed by atoms with Crippen molar-refractivity contribution in [3.63, 3.8) is 0 Å². The van der Waals surface area contributed by atoms with E-state index >= 15 is 0 Å². The molecule has 18 heavy (non-hydrogen) atoms. The summed E-state index contributed by atoms with van der Waals surface area (Å²) >= 11 is 7.29. The van der Waals surface area contributed by atoms with E-state index in [1.165, 1.54) is 11.3 Å². The third-order valence-corrected chi connectivity index (χ3v) is 3.73. The van der Waals surface area contributed by atoms with Crippen LogP contribution in [-0.4, -0.2) is 4.92 Å². The van der Waals surface area contributed by atoms with Crippen molar-refractivity contribution < 1.29 is 4.92 Å². The summed E-state index contributed by atoms with van der Waals surface area (Å²) in [4.78, 5) is 11.7. The highest BCUT2D eigenvalue weighted by Crippen LogP contribution is 2.29. The first-order chi connectivity index (χ1) is 8.58. The van der Waals surface area contributed by atoms with E-state index in [2.05, 4.69) is 5.32 Å². The van der Waals surface area contributed by atoms with Crippen molar-refractivity contribution in [1.82, 2.24) is 0 Å². The standard InChI is InChI=1S/C12H11ClN2O2S/c1-8-3-2-4-10(12(8)15(16)17)14-7-9-5-6-11(13)18-9/h2-6,14H,7H2,1H3. The highest BCUT2D eigenvalue weighted by atomic mass is 35.5. The van der Waals surface area contributed by atoms with Gasteiger partial charge in [-0.3, -0.25) is 10.1 Å². The Morgan fingerprint density at radius 3 is 2.78 bits per heavy atom. The highest BCUT2D eigenvalue weighted by Gasteiger charge is 2.16. The number of anilines is 1. The van der Waals surface area contributed by atoms with Crippen molar-refractivity contribution >= 4 is 34.3 Å². The molecule has 0 atom stereocenters. The number of benzene rings is 1. The first kappa shape index (κ1) is 12.9. The first-order valence-electron chi connectivity index (χ1n) is 5.30. The molecular formula is C12H11ClN2O2S. The van der Waals surface area contributed by atoms with Gasteiger partial charge in [0, 0.05) is 17.0 Å². The molecule has 0 aliphatic carbocycles. The van der Waals surface area contributed by atoms with Crippen LogP contribution in [0.4, 0.5) is 11.4 Å². The summed E-state index contributed by atoms with van der Waals surface area (Å²) < 4.78 is 0.713. The molecule has 1 aromatic heterocycles. The zero-order valence-electron chi connectivity index (χ0n) is 9.64. The van der Waals surface area contributed by atoms with Gasteiger partial charge in [0.2, 0.25) is 0 Å². The molecule has 0 radical (unpaired) electrons. The van der Waals surface area contributed by atoms with Gasteiger partial charge in [0.1, 0.15) is 5.69 Å². The lowest BCUT2D eigenvalue weighted by atomic mass is 10.1. The van der Waals surface area contributed by atoms with Crippen LogP contribution in [0, 0.1) is 17.0 Å². The smallest absolute Gasteiger partial charge is 0.295 e. The van der Waals surface area contributed by atoms with E-state index in [1.54, 1.807) is 25.1 Å². The summed E-state index contributed by atoms with van der Waals surface area (Å²) in [5.41, 5.74) is 1.30. The van der Waals surface area contributed by atoms with Crippen LogP contribution in [0.25, 0.3) is 0 Å². The van der Waals surface area contributed by atoms with Crippen LogP contribution in [-0.2, 0) is 6.54 Å². The second kappa shape index (κ2) is 5.37. The molecule has 0 fully saturated rings.